The van der Waals surface area contributed by atoms with Crippen molar-refractivity contribution < 1.29 is 9.59 Å². The molecule has 158 valence electrons. The quantitative estimate of drug-likeness (QED) is 0.746. The number of nitrogens with one attached hydrogen (secondary N) is 1. The summed E-state index contributed by atoms with van der Waals surface area (Å²) < 4.78 is 0. The fourth-order valence-corrected chi connectivity index (χ4v) is 3.67. The maximum absolute atomic E-state index is 11.8. The molecule has 0 spiro atoms. The van der Waals surface area contributed by atoms with E-state index < -0.39 is 5.91 Å². The Morgan fingerprint density at radius 1 is 1.13 bits per heavy atom. The Morgan fingerprint density at radius 2 is 1.80 bits per heavy atom. The van der Waals surface area contributed by atoms with E-state index in [4.69, 9.17) is 5.73 Å². The first-order chi connectivity index (χ1) is 14.4. The Balaban J connectivity index is 1.45. The predicted molar refractivity (Wildman–Crippen MR) is 116 cm³/mol. The van der Waals surface area contributed by atoms with Crippen LogP contribution in [0.25, 0.3) is 0 Å². The Bertz CT molecular complexity index is 935. The first kappa shape index (κ1) is 19.9. The summed E-state index contributed by atoms with van der Waals surface area (Å²) in [5.41, 5.74) is 7.79. The van der Waals surface area contributed by atoms with Gasteiger partial charge in [-0.1, -0.05) is 0 Å². The molecular formula is C21H27N7O2. The third-order valence-corrected chi connectivity index (χ3v) is 5.68. The van der Waals surface area contributed by atoms with Crippen molar-refractivity contribution in [2.24, 2.45) is 5.73 Å². The number of anilines is 4. The van der Waals surface area contributed by atoms with Crippen molar-refractivity contribution in [1.29, 1.82) is 0 Å². The van der Waals surface area contributed by atoms with Gasteiger partial charge in [-0.25, -0.2) is 4.98 Å². The minimum atomic E-state index is -0.529. The van der Waals surface area contributed by atoms with E-state index in [0.717, 1.165) is 50.4 Å². The lowest BCUT2D eigenvalue weighted by atomic mass is 10.2. The number of piperazine rings is 1. The van der Waals surface area contributed by atoms with Crippen LogP contribution in [0.1, 0.15) is 30.1 Å². The molecule has 2 amide bonds. The standard InChI is InChI=1S/C21H27N7O2/c1-14(29)27-9-11-28(12-10-27)17-5-3-15(4-6-17)24-21-23-13-18(19(22)30)20(25-21)26(2)16-7-8-16/h3-6,13,16H,7-12H2,1-2H3,(H2,22,30)(H,23,24,25). The van der Waals surface area contributed by atoms with E-state index in [2.05, 4.69) is 20.2 Å². The van der Waals surface area contributed by atoms with E-state index >= 15 is 0 Å². The molecule has 3 N–H and O–H groups in total. The van der Waals surface area contributed by atoms with Crippen LogP contribution in [0.2, 0.25) is 0 Å². The van der Waals surface area contributed by atoms with Crippen LogP contribution in [-0.2, 0) is 4.79 Å². The number of rotatable bonds is 6. The highest BCUT2D eigenvalue weighted by molar-refractivity contribution is 5.97. The molecule has 1 aliphatic carbocycles. The van der Waals surface area contributed by atoms with Crippen LogP contribution in [0.4, 0.5) is 23.1 Å². The number of benzene rings is 1. The molecular weight excluding hydrogens is 382 g/mol. The van der Waals surface area contributed by atoms with Crippen molar-refractivity contribution in [3.05, 3.63) is 36.0 Å². The number of primary amides is 1. The molecule has 1 aliphatic heterocycles. The zero-order valence-corrected chi connectivity index (χ0v) is 17.3. The Morgan fingerprint density at radius 3 is 2.37 bits per heavy atom. The first-order valence-electron chi connectivity index (χ1n) is 10.2. The van der Waals surface area contributed by atoms with Gasteiger partial charge in [0.05, 0.1) is 0 Å². The molecule has 1 saturated carbocycles. The zero-order chi connectivity index (χ0) is 21.3. The average molecular weight is 409 g/mol. The van der Waals surface area contributed by atoms with Gasteiger partial charge < -0.3 is 25.8 Å². The van der Waals surface area contributed by atoms with Crippen LogP contribution in [0.3, 0.4) is 0 Å². The summed E-state index contributed by atoms with van der Waals surface area (Å²) in [7, 11) is 1.93. The normalized spacial score (nSPS) is 16.3. The fourth-order valence-electron chi connectivity index (χ4n) is 3.67. The van der Waals surface area contributed by atoms with Crippen molar-refractivity contribution >= 4 is 35.0 Å². The van der Waals surface area contributed by atoms with Crippen molar-refractivity contribution in [3.8, 4) is 0 Å². The minimum Gasteiger partial charge on any atom is -0.368 e. The summed E-state index contributed by atoms with van der Waals surface area (Å²) in [6.07, 6.45) is 3.65. The van der Waals surface area contributed by atoms with Gasteiger partial charge in [0.1, 0.15) is 11.4 Å². The first-order valence-corrected chi connectivity index (χ1v) is 10.2. The van der Waals surface area contributed by atoms with Gasteiger partial charge in [0.25, 0.3) is 5.91 Å². The van der Waals surface area contributed by atoms with Gasteiger partial charge in [0.2, 0.25) is 11.9 Å². The Kier molecular flexibility index (Phi) is 5.43. The lowest BCUT2D eigenvalue weighted by Gasteiger charge is -2.35. The van der Waals surface area contributed by atoms with Crippen LogP contribution >= 0.6 is 0 Å². The van der Waals surface area contributed by atoms with E-state index in [9.17, 15) is 9.59 Å². The SMILES string of the molecule is CC(=O)N1CCN(c2ccc(Nc3ncc(C(N)=O)c(N(C)C4CC4)n3)cc2)CC1. The Hall–Kier alpha value is -3.36. The van der Waals surface area contributed by atoms with E-state index in [0.29, 0.717) is 23.4 Å². The monoisotopic (exact) mass is 409 g/mol. The second-order valence-corrected chi connectivity index (χ2v) is 7.80. The summed E-state index contributed by atoms with van der Waals surface area (Å²) in [6.45, 7) is 4.74. The third kappa shape index (κ3) is 4.29. The van der Waals surface area contributed by atoms with Gasteiger partial charge in [-0.2, -0.15) is 4.98 Å². The second-order valence-electron chi connectivity index (χ2n) is 7.80. The predicted octanol–water partition coefficient (Wildman–Crippen LogP) is 1.59. The second kappa shape index (κ2) is 8.17. The van der Waals surface area contributed by atoms with Crippen LogP contribution in [0.15, 0.2) is 30.5 Å². The molecule has 1 aromatic carbocycles. The number of hydrogen-bond donors (Lipinski definition) is 2. The molecule has 0 unspecified atom stereocenters. The average Bonchev–Trinajstić information content (AvgIpc) is 3.59. The summed E-state index contributed by atoms with van der Waals surface area (Å²) in [5.74, 6) is 0.578. The number of aromatic nitrogens is 2. The molecule has 1 aromatic heterocycles. The van der Waals surface area contributed by atoms with Gasteiger partial charge in [-0.15, -0.1) is 0 Å². The highest BCUT2D eigenvalue weighted by Gasteiger charge is 2.30. The van der Waals surface area contributed by atoms with E-state index in [1.165, 1.54) is 6.20 Å². The summed E-state index contributed by atoms with van der Waals surface area (Å²) in [4.78, 5) is 38.2. The van der Waals surface area contributed by atoms with Crippen LogP contribution in [0.5, 0.6) is 0 Å². The topological polar surface area (TPSA) is 108 Å². The molecule has 1 saturated heterocycles. The smallest absolute Gasteiger partial charge is 0.254 e. The molecule has 9 heteroatoms. The molecule has 0 bridgehead atoms. The van der Waals surface area contributed by atoms with Crippen molar-refractivity contribution in [1.82, 2.24) is 14.9 Å². The molecule has 4 rings (SSSR count). The summed E-state index contributed by atoms with van der Waals surface area (Å²) in [6, 6.07) is 8.43. The number of nitrogens with two attached hydrogens (primary N) is 1. The number of hydrogen-bond acceptors (Lipinski definition) is 7. The van der Waals surface area contributed by atoms with Gasteiger partial charge >= 0.3 is 0 Å². The lowest BCUT2D eigenvalue weighted by molar-refractivity contribution is -0.129. The molecule has 30 heavy (non-hydrogen) atoms. The molecule has 0 radical (unpaired) electrons. The van der Waals surface area contributed by atoms with Crippen LogP contribution < -0.4 is 20.9 Å². The minimum absolute atomic E-state index is 0.128. The third-order valence-electron chi connectivity index (χ3n) is 5.68. The fraction of sp³-hybridized carbons (Fsp3) is 0.429. The van der Waals surface area contributed by atoms with Crippen molar-refractivity contribution in [2.45, 2.75) is 25.8 Å². The number of carbonyl (C=O) groups excluding carboxylic acids is 2. The number of carbonyl (C=O) groups is 2. The van der Waals surface area contributed by atoms with E-state index in [1.807, 2.05) is 41.1 Å². The molecule has 2 fully saturated rings. The van der Waals surface area contributed by atoms with Gasteiger partial charge in [-0.3, -0.25) is 9.59 Å². The zero-order valence-electron chi connectivity index (χ0n) is 17.3. The van der Waals surface area contributed by atoms with Crippen LogP contribution in [-0.4, -0.2) is 66.0 Å². The largest absolute Gasteiger partial charge is 0.368 e. The Labute approximate surface area is 175 Å². The highest BCUT2D eigenvalue weighted by Crippen LogP contribution is 2.31. The van der Waals surface area contributed by atoms with Gasteiger partial charge in [-0.05, 0) is 37.1 Å². The molecule has 2 heterocycles. The van der Waals surface area contributed by atoms with Gasteiger partial charge in [0.15, 0.2) is 0 Å². The highest BCUT2D eigenvalue weighted by atomic mass is 16.2. The maximum atomic E-state index is 11.8. The van der Waals surface area contributed by atoms with Gasteiger partial charge in [0, 0.05) is 63.8 Å². The van der Waals surface area contributed by atoms with Crippen LogP contribution in [0, 0.1) is 0 Å². The molecule has 9 nitrogen and oxygen atoms in total. The van der Waals surface area contributed by atoms with E-state index in [-0.39, 0.29) is 5.91 Å². The number of amides is 2. The molecule has 0 atom stereocenters. The summed E-state index contributed by atoms with van der Waals surface area (Å²) in [5, 5.41) is 3.20. The molecule has 2 aliphatic rings. The summed E-state index contributed by atoms with van der Waals surface area (Å²) >= 11 is 0. The van der Waals surface area contributed by atoms with Crippen molar-refractivity contribution in [3.63, 3.8) is 0 Å². The number of nitrogens with zero attached hydrogens (tertiary/aromatic N) is 5. The maximum Gasteiger partial charge on any atom is 0.254 e. The molecule has 2 aromatic rings. The lowest BCUT2D eigenvalue weighted by Crippen LogP contribution is -2.48. The van der Waals surface area contributed by atoms with E-state index in [1.54, 1.807) is 6.92 Å². The van der Waals surface area contributed by atoms with Crippen molar-refractivity contribution in [2.75, 3.05) is 48.3 Å².